The van der Waals surface area contributed by atoms with Crippen molar-refractivity contribution in [1.29, 1.82) is 0 Å². The quantitative estimate of drug-likeness (QED) is 0.836. The van der Waals surface area contributed by atoms with Crippen molar-refractivity contribution in [3.05, 3.63) is 36.0 Å². The Kier molecular flexibility index (Phi) is 2.44. The third-order valence-corrected chi connectivity index (χ3v) is 3.70. The molecule has 1 aromatic heterocycles. The fourth-order valence-corrected chi connectivity index (χ4v) is 2.44. The molecule has 0 radical (unpaired) electrons. The van der Waals surface area contributed by atoms with Crippen molar-refractivity contribution < 1.29 is 5.11 Å². The predicted molar refractivity (Wildman–Crippen MR) is 65.2 cm³/mol. The van der Waals surface area contributed by atoms with E-state index in [9.17, 15) is 0 Å². The van der Waals surface area contributed by atoms with Crippen molar-refractivity contribution in [2.24, 2.45) is 5.92 Å². The second kappa shape index (κ2) is 3.95. The molecule has 1 saturated carbocycles. The third-order valence-electron chi connectivity index (χ3n) is 3.70. The molecular weight excluding hydrogens is 198 g/mol. The average Bonchev–Trinajstić information content (AvgIpc) is 2.65. The number of hydrogen-bond acceptors (Lipinski definition) is 1. The van der Waals surface area contributed by atoms with Crippen LogP contribution in [0.2, 0.25) is 0 Å². The maximum Gasteiger partial charge on any atom is 0.0682 e. The summed E-state index contributed by atoms with van der Waals surface area (Å²) < 4.78 is 2.33. The molecule has 1 N–H and O–H groups in total. The van der Waals surface area contributed by atoms with Crippen LogP contribution in [-0.4, -0.2) is 9.67 Å². The maximum atomic E-state index is 9.16. The average molecular weight is 215 g/mol. The molecule has 0 amide bonds. The molecular formula is C14H17NO. The molecule has 0 atom stereocenters. The van der Waals surface area contributed by atoms with Gasteiger partial charge in [0, 0.05) is 18.3 Å². The first kappa shape index (κ1) is 9.91. The summed E-state index contributed by atoms with van der Waals surface area (Å²) in [5.41, 5.74) is 2.26. The molecule has 0 bridgehead atoms. The van der Waals surface area contributed by atoms with Gasteiger partial charge in [-0.3, -0.25) is 0 Å². The van der Waals surface area contributed by atoms with Gasteiger partial charge in [0.2, 0.25) is 0 Å². The number of aliphatic hydroxyl groups is 1. The lowest BCUT2D eigenvalue weighted by Gasteiger charge is -2.26. The second-order valence-corrected chi connectivity index (χ2v) is 4.82. The minimum Gasteiger partial charge on any atom is -0.392 e. The number of nitrogens with zero attached hydrogens (tertiary/aromatic N) is 1. The lowest BCUT2D eigenvalue weighted by Crippen LogP contribution is -2.17. The van der Waals surface area contributed by atoms with E-state index in [1.807, 2.05) is 6.07 Å². The minimum absolute atomic E-state index is 0.130. The van der Waals surface area contributed by atoms with Crippen molar-refractivity contribution in [3.63, 3.8) is 0 Å². The zero-order chi connectivity index (χ0) is 11.0. The largest absolute Gasteiger partial charge is 0.392 e. The molecule has 1 aromatic carbocycles. The summed E-state index contributed by atoms with van der Waals surface area (Å²) in [6.45, 7) is 1.27. The number of rotatable bonds is 3. The van der Waals surface area contributed by atoms with Gasteiger partial charge in [0.05, 0.1) is 6.61 Å². The first-order valence-electron chi connectivity index (χ1n) is 6.05. The molecule has 2 heteroatoms. The Hall–Kier alpha value is -1.28. The van der Waals surface area contributed by atoms with Crippen LogP contribution in [0.4, 0.5) is 0 Å². The SMILES string of the molecule is OCc1ccc2ccn(CC3CCC3)c2c1. The van der Waals surface area contributed by atoms with Crippen LogP contribution in [0.1, 0.15) is 24.8 Å². The zero-order valence-corrected chi connectivity index (χ0v) is 9.39. The highest BCUT2D eigenvalue weighted by atomic mass is 16.3. The molecule has 0 saturated heterocycles. The van der Waals surface area contributed by atoms with E-state index in [2.05, 4.69) is 29.0 Å². The molecule has 2 nitrogen and oxygen atoms in total. The molecule has 16 heavy (non-hydrogen) atoms. The number of aliphatic hydroxyl groups excluding tert-OH is 1. The number of benzene rings is 1. The van der Waals surface area contributed by atoms with Crippen LogP contribution in [0.15, 0.2) is 30.5 Å². The second-order valence-electron chi connectivity index (χ2n) is 4.82. The van der Waals surface area contributed by atoms with Crippen molar-refractivity contribution >= 4 is 10.9 Å². The molecule has 0 unspecified atom stereocenters. The van der Waals surface area contributed by atoms with Crippen LogP contribution in [0.3, 0.4) is 0 Å². The first-order chi connectivity index (χ1) is 7.86. The summed E-state index contributed by atoms with van der Waals surface area (Å²) in [5, 5.41) is 10.4. The van der Waals surface area contributed by atoms with E-state index in [0.29, 0.717) is 0 Å². The van der Waals surface area contributed by atoms with E-state index in [1.165, 1.54) is 30.2 Å². The maximum absolute atomic E-state index is 9.16. The fraction of sp³-hybridized carbons (Fsp3) is 0.429. The van der Waals surface area contributed by atoms with Gasteiger partial charge in [0.1, 0.15) is 0 Å². The van der Waals surface area contributed by atoms with Gasteiger partial charge in [-0.05, 0) is 41.8 Å². The smallest absolute Gasteiger partial charge is 0.0682 e. The fourth-order valence-electron chi connectivity index (χ4n) is 2.44. The molecule has 0 spiro atoms. The highest BCUT2D eigenvalue weighted by Gasteiger charge is 2.18. The highest BCUT2D eigenvalue weighted by Crippen LogP contribution is 2.29. The predicted octanol–water partition coefficient (Wildman–Crippen LogP) is 2.93. The number of aromatic nitrogens is 1. The van der Waals surface area contributed by atoms with Gasteiger partial charge in [-0.25, -0.2) is 0 Å². The summed E-state index contributed by atoms with van der Waals surface area (Å²) in [6.07, 6.45) is 6.31. The number of hydrogen-bond donors (Lipinski definition) is 1. The summed E-state index contributed by atoms with van der Waals surface area (Å²) in [7, 11) is 0. The van der Waals surface area contributed by atoms with E-state index in [4.69, 9.17) is 5.11 Å². The van der Waals surface area contributed by atoms with Gasteiger partial charge in [-0.2, -0.15) is 0 Å². The Labute approximate surface area is 95.5 Å². The van der Waals surface area contributed by atoms with Crippen molar-refractivity contribution in [2.75, 3.05) is 0 Å². The lowest BCUT2D eigenvalue weighted by molar-refractivity contribution is 0.278. The topological polar surface area (TPSA) is 25.2 Å². The Morgan fingerprint density at radius 3 is 2.81 bits per heavy atom. The Bertz CT molecular complexity index is 496. The molecule has 3 rings (SSSR count). The van der Waals surface area contributed by atoms with E-state index < -0.39 is 0 Å². The van der Waals surface area contributed by atoms with Crippen LogP contribution >= 0.6 is 0 Å². The molecule has 1 heterocycles. The van der Waals surface area contributed by atoms with Crippen molar-refractivity contribution in [2.45, 2.75) is 32.4 Å². The third kappa shape index (κ3) is 1.63. The van der Waals surface area contributed by atoms with E-state index in [-0.39, 0.29) is 6.61 Å². The highest BCUT2D eigenvalue weighted by molar-refractivity contribution is 5.80. The first-order valence-corrected chi connectivity index (χ1v) is 6.05. The Morgan fingerprint density at radius 2 is 2.12 bits per heavy atom. The van der Waals surface area contributed by atoms with Gasteiger partial charge >= 0.3 is 0 Å². The van der Waals surface area contributed by atoms with E-state index >= 15 is 0 Å². The molecule has 1 aliphatic rings. The monoisotopic (exact) mass is 215 g/mol. The van der Waals surface area contributed by atoms with Gasteiger partial charge in [-0.15, -0.1) is 0 Å². The lowest BCUT2D eigenvalue weighted by atomic mass is 9.85. The minimum atomic E-state index is 0.130. The molecule has 1 fully saturated rings. The van der Waals surface area contributed by atoms with Crippen LogP contribution in [0, 0.1) is 5.92 Å². The molecule has 2 aromatic rings. The summed E-state index contributed by atoms with van der Waals surface area (Å²) in [4.78, 5) is 0. The van der Waals surface area contributed by atoms with Crippen LogP contribution < -0.4 is 0 Å². The molecule has 0 aliphatic heterocycles. The van der Waals surface area contributed by atoms with Gasteiger partial charge in [0.25, 0.3) is 0 Å². The number of fused-ring (bicyclic) bond motifs is 1. The van der Waals surface area contributed by atoms with Gasteiger partial charge in [-0.1, -0.05) is 18.6 Å². The van der Waals surface area contributed by atoms with E-state index in [1.54, 1.807) is 0 Å². The van der Waals surface area contributed by atoms with Crippen LogP contribution in [0.25, 0.3) is 10.9 Å². The summed E-state index contributed by atoms with van der Waals surface area (Å²) in [6, 6.07) is 8.36. The van der Waals surface area contributed by atoms with E-state index in [0.717, 1.165) is 18.0 Å². The van der Waals surface area contributed by atoms with Crippen LogP contribution in [0.5, 0.6) is 0 Å². The standard InChI is InChI=1S/C14H17NO/c16-10-12-4-5-13-6-7-15(14(13)8-12)9-11-2-1-3-11/h4-8,11,16H,1-3,9-10H2. The Balaban J connectivity index is 1.96. The van der Waals surface area contributed by atoms with Gasteiger partial charge < -0.3 is 9.67 Å². The summed E-state index contributed by atoms with van der Waals surface area (Å²) >= 11 is 0. The Morgan fingerprint density at radius 1 is 1.25 bits per heavy atom. The molecule has 84 valence electrons. The van der Waals surface area contributed by atoms with Gasteiger partial charge in [0.15, 0.2) is 0 Å². The van der Waals surface area contributed by atoms with Crippen LogP contribution in [-0.2, 0) is 13.2 Å². The van der Waals surface area contributed by atoms with Crippen molar-refractivity contribution in [1.82, 2.24) is 4.57 Å². The van der Waals surface area contributed by atoms with Crippen molar-refractivity contribution in [3.8, 4) is 0 Å². The normalized spacial score (nSPS) is 16.6. The molecule has 1 aliphatic carbocycles. The summed E-state index contributed by atoms with van der Waals surface area (Å²) in [5.74, 6) is 0.869. The zero-order valence-electron chi connectivity index (χ0n) is 9.39.